The van der Waals surface area contributed by atoms with Crippen LogP contribution in [0.25, 0.3) is 11.4 Å². The van der Waals surface area contributed by atoms with E-state index in [0.29, 0.717) is 48.1 Å². The van der Waals surface area contributed by atoms with Gasteiger partial charge in [0, 0.05) is 10.8 Å². The molecule has 2 aliphatic heterocycles. The van der Waals surface area contributed by atoms with Crippen molar-refractivity contribution in [2.45, 2.75) is 0 Å². The molecular formula is C16H14N4O6S2. The molecule has 2 aromatic rings. The second-order valence-electron chi connectivity index (χ2n) is 5.39. The van der Waals surface area contributed by atoms with Crippen molar-refractivity contribution in [3.8, 4) is 11.4 Å². The molecule has 4 rings (SSSR count). The number of hydrogen-bond acceptors (Lipinski definition) is 10. The highest BCUT2D eigenvalue weighted by Gasteiger charge is 2.19. The molecule has 28 heavy (non-hydrogen) atoms. The van der Waals surface area contributed by atoms with Crippen LogP contribution < -0.4 is 10.6 Å². The zero-order valence-corrected chi connectivity index (χ0v) is 15.9. The van der Waals surface area contributed by atoms with Gasteiger partial charge < -0.3 is 18.9 Å². The van der Waals surface area contributed by atoms with Crippen LogP contribution in [0.1, 0.15) is 0 Å². The molecule has 2 aliphatic rings. The van der Waals surface area contributed by atoms with Crippen molar-refractivity contribution in [3.05, 3.63) is 34.8 Å². The van der Waals surface area contributed by atoms with Gasteiger partial charge in [0.25, 0.3) is 11.8 Å². The molecule has 2 N–H and O–H groups in total. The van der Waals surface area contributed by atoms with E-state index in [1.807, 2.05) is 0 Å². The van der Waals surface area contributed by atoms with Crippen molar-refractivity contribution >= 4 is 44.8 Å². The van der Waals surface area contributed by atoms with Crippen molar-refractivity contribution in [1.29, 1.82) is 0 Å². The normalized spacial score (nSPS) is 15.7. The lowest BCUT2D eigenvalue weighted by Gasteiger charge is -2.14. The Balaban J connectivity index is 1.39. The first-order valence-electron chi connectivity index (χ1n) is 8.12. The van der Waals surface area contributed by atoms with Gasteiger partial charge in [0.2, 0.25) is 11.5 Å². The minimum atomic E-state index is -0.435. The highest BCUT2D eigenvalue weighted by atomic mass is 32.1. The van der Waals surface area contributed by atoms with Gasteiger partial charge in [0.05, 0.1) is 0 Å². The number of hydrogen-bond donors (Lipinski definition) is 2. The Morgan fingerprint density at radius 2 is 1.25 bits per heavy atom. The van der Waals surface area contributed by atoms with Gasteiger partial charge in [-0.2, -0.15) is 0 Å². The van der Waals surface area contributed by atoms with E-state index in [4.69, 9.17) is 18.9 Å². The number of nitrogens with zero attached hydrogens (tertiary/aromatic N) is 2. The Kier molecular flexibility index (Phi) is 5.39. The summed E-state index contributed by atoms with van der Waals surface area (Å²) in [7, 11) is 0. The Bertz CT molecular complexity index is 874. The molecule has 0 bridgehead atoms. The van der Waals surface area contributed by atoms with E-state index >= 15 is 0 Å². The van der Waals surface area contributed by atoms with Gasteiger partial charge in [-0.3, -0.25) is 20.2 Å². The van der Waals surface area contributed by atoms with Gasteiger partial charge in [-0.15, -0.1) is 22.7 Å². The number of anilines is 2. The minimum absolute atomic E-state index is 0.102. The van der Waals surface area contributed by atoms with Crippen LogP contribution in [0.4, 0.5) is 10.3 Å². The average molecular weight is 422 g/mol. The molecule has 0 fully saturated rings. The zero-order chi connectivity index (χ0) is 19.3. The molecule has 12 heteroatoms. The maximum absolute atomic E-state index is 12.1. The summed E-state index contributed by atoms with van der Waals surface area (Å²) in [6.45, 7) is 1.47. The van der Waals surface area contributed by atoms with Gasteiger partial charge >= 0.3 is 0 Å². The largest absolute Gasteiger partial charge is 0.494 e. The first kappa shape index (κ1) is 18.3. The predicted octanol–water partition coefficient (Wildman–Crippen LogP) is 1.92. The third-order valence-electron chi connectivity index (χ3n) is 3.46. The Labute approximate surface area is 166 Å². The molecule has 0 aromatic carbocycles. The summed E-state index contributed by atoms with van der Waals surface area (Å²) in [5.41, 5.74) is 1.15. The Hall–Kier alpha value is -3.12. The second-order valence-corrected chi connectivity index (χ2v) is 7.10. The van der Waals surface area contributed by atoms with Crippen molar-refractivity contribution in [1.82, 2.24) is 9.97 Å². The van der Waals surface area contributed by atoms with E-state index in [1.54, 1.807) is 10.8 Å². The van der Waals surface area contributed by atoms with Gasteiger partial charge in [-0.1, -0.05) is 0 Å². The first-order valence-corrected chi connectivity index (χ1v) is 9.88. The smallest absolute Gasteiger partial charge is 0.295 e. The first-order chi connectivity index (χ1) is 13.7. The summed E-state index contributed by atoms with van der Waals surface area (Å²) in [6, 6.07) is 0. The molecule has 2 aromatic heterocycles. The number of carbonyl (C=O) groups is 2. The number of ether oxygens (including phenoxy) is 4. The fourth-order valence-corrected chi connectivity index (χ4v) is 3.59. The monoisotopic (exact) mass is 422 g/mol. The predicted molar refractivity (Wildman–Crippen MR) is 100 cm³/mol. The summed E-state index contributed by atoms with van der Waals surface area (Å²) in [5, 5.41) is 9.59. The molecule has 0 atom stereocenters. The molecule has 0 saturated heterocycles. The van der Waals surface area contributed by atoms with E-state index in [0.717, 1.165) is 0 Å². The Morgan fingerprint density at radius 3 is 1.64 bits per heavy atom. The number of thiazole rings is 2. The molecule has 0 saturated carbocycles. The van der Waals surface area contributed by atoms with E-state index in [1.165, 1.54) is 35.2 Å². The SMILES string of the molecule is O=C(Nc1nc(-c2csc(NC(=O)C3=COCCO3)n2)cs1)C1=COCCO1. The van der Waals surface area contributed by atoms with E-state index in [-0.39, 0.29) is 11.5 Å². The summed E-state index contributed by atoms with van der Waals surface area (Å²) in [5.74, 6) is -0.667. The lowest BCUT2D eigenvalue weighted by Crippen LogP contribution is -2.21. The third kappa shape index (κ3) is 4.23. The van der Waals surface area contributed by atoms with Gasteiger partial charge in [0.1, 0.15) is 50.3 Å². The number of nitrogens with one attached hydrogen (secondary N) is 2. The Morgan fingerprint density at radius 1 is 0.786 bits per heavy atom. The van der Waals surface area contributed by atoms with E-state index < -0.39 is 11.8 Å². The molecule has 10 nitrogen and oxygen atoms in total. The minimum Gasteiger partial charge on any atom is -0.494 e. The number of amides is 2. The van der Waals surface area contributed by atoms with Crippen LogP contribution in [0, 0.1) is 0 Å². The van der Waals surface area contributed by atoms with Crippen molar-refractivity contribution in [2.75, 3.05) is 37.1 Å². The second kappa shape index (κ2) is 8.27. The molecule has 0 unspecified atom stereocenters. The fourth-order valence-electron chi connectivity index (χ4n) is 2.19. The third-order valence-corrected chi connectivity index (χ3v) is 4.97. The highest BCUT2D eigenvalue weighted by molar-refractivity contribution is 7.15. The van der Waals surface area contributed by atoms with Crippen LogP contribution in [0.3, 0.4) is 0 Å². The lowest BCUT2D eigenvalue weighted by molar-refractivity contribution is -0.118. The standard InChI is InChI=1S/C16H14N4O6S2/c21-13(11-5-23-1-3-25-11)19-15-17-9(7-27-15)10-8-28-16(18-10)20-14(22)12-6-24-2-4-26-12/h5-8H,1-4H2,(H,17,19,21)(H,18,20,22). The van der Waals surface area contributed by atoms with Gasteiger partial charge in [-0.25, -0.2) is 9.97 Å². The molecule has 4 heterocycles. The average Bonchev–Trinajstić information content (AvgIpc) is 3.39. The highest BCUT2D eigenvalue weighted by Crippen LogP contribution is 2.28. The molecule has 0 aliphatic carbocycles. The maximum atomic E-state index is 12.1. The molecule has 2 amide bonds. The van der Waals surface area contributed by atoms with Crippen LogP contribution in [0.15, 0.2) is 34.8 Å². The summed E-state index contributed by atoms with van der Waals surface area (Å²) < 4.78 is 20.6. The van der Waals surface area contributed by atoms with Gasteiger partial charge in [-0.05, 0) is 0 Å². The van der Waals surface area contributed by atoms with Crippen LogP contribution in [0.5, 0.6) is 0 Å². The van der Waals surface area contributed by atoms with Crippen molar-refractivity contribution in [3.63, 3.8) is 0 Å². The molecule has 0 radical (unpaired) electrons. The van der Waals surface area contributed by atoms with Crippen LogP contribution >= 0.6 is 22.7 Å². The van der Waals surface area contributed by atoms with Crippen LogP contribution in [-0.2, 0) is 28.5 Å². The van der Waals surface area contributed by atoms with Crippen molar-refractivity contribution < 1.29 is 28.5 Å². The summed E-state index contributed by atoms with van der Waals surface area (Å²) in [6.07, 6.45) is 2.55. The topological polar surface area (TPSA) is 121 Å². The van der Waals surface area contributed by atoms with Crippen LogP contribution in [0.2, 0.25) is 0 Å². The lowest BCUT2D eigenvalue weighted by atomic mass is 10.4. The summed E-state index contributed by atoms with van der Waals surface area (Å²) >= 11 is 2.50. The van der Waals surface area contributed by atoms with Crippen LogP contribution in [-0.4, -0.2) is 48.2 Å². The number of rotatable bonds is 5. The maximum Gasteiger partial charge on any atom is 0.295 e. The number of carbonyl (C=O) groups excluding carboxylic acids is 2. The van der Waals surface area contributed by atoms with Gasteiger partial charge in [0.15, 0.2) is 10.3 Å². The zero-order valence-electron chi connectivity index (χ0n) is 14.3. The molecular weight excluding hydrogens is 408 g/mol. The fraction of sp³-hybridized carbons (Fsp3) is 0.250. The van der Waals surface area contributed by atoms with E-state index in [9.17, 15) is 9.59 Å². The molecule has 146 valence electrons. The summed E-state index contributed by atoms with van der Waals surface area (Å²) in [4.78, 5) is 32.8. The van der Waals surface area contributed by atoms with E-state index in [2.05, 4.69) is 20.6 Å². The molecule has 0 spiro atoms. The van der Waals surface area contributed by atoms with Crippen molar-refractivity contribution in [2.24, 2.45) is 0 Å². The quantitative estimate of drug-likeness (QED) is 0.750. The number of aromatic nitrogens is 2.